The van der Waals surface area contributed by atoms with Crippen LogP contribution in [0.15, 0.2) is 48.5 Å². The van der Waals surface area contributed by atoms with Crippen molar-refractivity contribution in [2.75, 3.05) is 80.7 Å². The van der Waals surface area contributed by atoms with Gasteiger partial charge < -0.3 is 48.0 Å². The summed E-state index contributed by atoms with van der Waals surface area (Å²) in [6.07, 6.45) is -9.48. The van der Waals surface area contributed by atoms with E-state index in [4.69, 9.17) is 23.7 Å². The maximum atomic E-state index is 14.0. The predicted octanol–water partition coefficient (Wildman–Crippen LogP) is 2.13. The van der Waals surface area contributed by atoms with Crippen LogP contribution in [0.1, 0.15) is 56.8 Å². The van der Waals surface area contributed by atoms with Gasteiger partial charge in [0.2, 0.25) is 0 Å². The van der Waals surface area contributed by atoms with E-state index in [9.17, 15) is 51.5 Å². The molecular weight excluding hydrogens is 892 g/mol. The fraction of sp³-hybridized carbons (Fsp3) is 0.556. The van der Waals surface area contributed by atoms with E-state index in [1.807, 2.05) is 0 Å². The van der Waals surface area contributed by atoms with E-state index >= 15 is 0 Å². The lowest BCUT2D eigenvalue weighted by molar-refractivity contribution is -0.274. The third kappa shape index (κ3) is 15.9. The molecule has 4 rings (SSSR count). The Balaban J connectivity index is 1.62. The second-order valence-electron chi connectivity index (χ2n) is 16.7. The van der Waals surface area contributed by atoms with E-state index in [0.29, 0.717) is 37.4 Å². The van der Waals surface area contributed by atoms with Crippen LogP contribution in [0, 0.1) is 5.92 Å². The van der Waals surface area contributed by atoms with Crippen molar-refractivity contribution in [3.05, 3.63) is 65.2 Å². The summed E-state index contributed by atoms with van der Waals surface area (Å²) in [6, 6.07) is 10.7. The first-order valence-corrected chi connectivity index (χ1v) is 21.5. The maximum Gasteiger partial charge on any atom is 0.573 e. The number of hydrogen-bond acceptors (Lipinski definition) is 15. The van der Waals surface area contributed by atoms with Crippen LogP contribution >= 0.6 is 0 Å². The van der Waals surface area contributed by atoms with Crippen molar-refractivity contribution in [1.82, 2.24) is 24.5 Å². The lowest BCUT2D eigenvalue weighted by atomic mass is 9.94. The van der Waals surface area contributed by atoms with Gasteiger partial charge in [-0.25, -0.2) is 4.79 Å². The highest BCUT2D eigenvalue weighted by Crippen LogP contribution is 2.32. The molecule has 4 unspecified atom stereocenters. The number of cyclic esters (lactones) is 4. The maximum absolute atomic E-state index is 14.0. The highest BCUT2D eigenvalue weighted by atomic mass is 19.4. The Labute approximate surface area is 386 Å². The smallest absolute Gasteiger partial charge is 0.454 e. The van der Waals surface area contributed by atoms with Gasteiger partial charge in [-0.2, -0.15) is 0 Å². The topological polar surface area (TPSA) is 208 Å². The molecule has 368 valence electrons. The molecule has 0 aliphatic carbocycles. The minimum atomic E-state index is -4.87. The van der Waals surface area contributed by atoms with Gasteiger partial charge >= 0.3 is 30.2 Å². The van der Waals surface area contributed by atoms with Crippen molar-refractivity contribution in [3.63, 3.8) is 0 Å². The van der Waals surface area contributed by atoms with Gasteiger partial charge in [0.05, 0.1) is 19.3 Å². The number of hydrogen-bond donors (Lipinski definition) is 0. The van der Waals surface area contributed by atoms with E-state index in [1.165, 1.54) is 66.3 Å². The number of alkyl halides is 3. The van der Waals surface area contributed by atoms with Crippen molar-refractivity contribution in [2.24, 2.45) is 5.92 Å². The zero-order chi connectivity index (χ0) is 49.7. The molecule has 19 nitrogen and oxygen atoms in total. The Kier molecular flexibility index (Phi) is 19.1. The predicted molar refractivity (Wildman–Crippen MR) is 228 cm³/mol. The quantitative estimate of drug-likeness (QED) is 0.275. The number of rotatable bonds is 8. The van der Waals surface area contributed by atoms with Crippen LogP contribution in [0.25, 0.3) is 0 Å². The third-order valence-electron chi connectivity index (χ3n) is 10.8. The van der Waals surface area contributed by atoms with Crippen LogP contribution in [0.4, 0.5) is 13.2 Å². The molecule has 0 saturated carbocycles. The Morgan fingerprint density at radius 2 is 1.16 bits per heavy atom. The molecule has 2 saturated heterocycles. The van der Waals surface area contributed by atoms with E-state index in [-0.39, 0.29) is 24.5 Å². The Hall–Kier alpha value is -6.29. The zero-order valence-corrected chi connectivity index (χ0v) is 38.7. The van der Waals surface area contributed by atoms with Gasteiger partial charge in [-0.3, -0.25) is 38.5 Å². The summed E-state index contributed by atoms with van der Waals surface area (Å²) in [6.45, 7) is 5.11. The second kappa shape index (κ2) is 23.9. The summed E-state index contributed by atoms with van der Waals surface area (Å²) in [5.74, 6) is -7.80. The molecule has 2 heterocycles. The van der Waals surface area contributed by atoms with Gasteiger partial charge in [0.1, 0.15) is 31.4 Å². The summed E-state index contributed by atoms with van der Waals surface area (Å²) in [5.41, 5.74) is 1.89. The van der Waals surface area contributed by atoms with E-state index < -0.39 is 111 Å². The monoisotopic (exact) mass is 949 g/mol. The molecule has 0 radical (unpaired) electrons. The number of ether oxygens (including phenoxy) is 6. The fourth-order valence-electron chi connectivity index (χ4n) is 7.32. The summed E-state index contributed by atoms with van der Waals surface area (Å²) >= 11 is 0. The highest BCUT2D eigenvalue weighted by Gasteiger charge is 2.36. The number of halogens is 3. The molecule has 4 amide bonds. The SMILES string of the molecule is CC(C)CC1C(=O)OC(C)C(=O)N(C)CC(=O)OC(Cc2ccc([C@@H](c3ccc(OC(F)(F)F)cc3)N3CCOCC3)cc2)C(=O)N(C)CC(=O)OC(C)C(=O)N(C)CC(=O)OCC(=O)N1C. The van der Waals surface area contributed by atoms with Crippen LogP contribution in [-0.4, -0.2) is 183 Å². The summed E-state index contributed by atoms with van der Waals surface area (Å²) in [4.78, 5) is 112. The molecule has 0 spiro atoms. The molecule has 0 bridgehead atoms. The summed E-state index contributed by atoms with van der Waals surface area (Å²) < 4.78 is 69.8. The summed E-state index contributed by atoms with van der Waals surface area (Å²) in [7, 11) is 5.01. The molecule has 0 N–H and O–H groups in total. The van der Waals surface area contributed by atoms with Gasteiger partial charge in [-0.1, -0.05) is 50.2 Å². The van der Waals surface area contributed by atoms with Gasteiger partial charge in [-0.15, -0.1) is 13.2 Å². The molecule has 67 heavy (non-hydrogen) atoms. The van der Waals surface area contributed by atoms with E-state index in [2.05, 4.69) is 9.64 Å². The zero-order valence-electron chi connectivity index (χ0n) is 38.7. The molecule has 5 atom stereocenters. The lowest BCUT2D eigenvalue weighted by Gasteiger charge is -2.35. The molecule has 2 aromatic rings. The minimum Gasteiger partial charge on any atom is -0.454 e. The van der Waals surface area contributed by atoms with Crippen molar-refractivity contribution in [1.29, 1.82) is 0 Å². The van der Waals surface area contributed by atoms with Gasteiger partial charge in [0, 0.05) is 47.7 Å². The first-order chi connectivity index (χ1) is 31.4. The largest absolute Gasteiger partial charge is 0.573 e. The average Bonchev–Trinajstić information content (AvgIpc) is 3.26. The van der Waals surface area contributed by atoms with Gasteiger partial charge in [0.15, 0.2) is 24.9 Å². The number of carbonyl (C=O) groups excluding carboxylic acids is 8. The molecule has 2 aromatic carbocycles. The first kappa shape index (κ1) is 53.3. The standard InChI is InChI=1S/C45H58F3N5O14/c1-27(2)21-34-44(61)65-29(4)42(59)50(6)25-39(57)66-35(43(60)51(7)24-38(56)64-28(3)41(58)49(5)23-37(55)63-26-36(54)52(34)8)22-30-9-11-31(12-10-30)40(53-17-19-62-20-18-53)32-13-15-33(16-14-32)67-45(46,47)48/h9-16,27-29,34-35,40H,17-26H2,1-8H3/t28?,29?,34?,35?,40-/m0/s1. The van der Waals surface area contributed by atoms with Crippen molar-refractivity contribution in [3.8, 4) is 5.75 Å². The van der Waals surface area contributed by atoms with Gasteiger partial charge in [0.25, 0.3) is 23.6 Å². The van der Waals surface area contributed by atoms with Crippen molar-refractivity contribution >= 4 is 47.5 Å². The number of esters is 4. The Morgan fingerprint density at radius 3 is 1.70 bits per heavy atom. The van der Waals surface area contributed by atoms with Crippen LogP contribution in [0.3, 0.4) is 0 Å². The number of benzene rings is 2. The molecule has 2 aliphatic rings. The van der Waals surface area contributed by atoms with Crippen LogP contribution in [0.2, 0.25) is 0 Å². The molecular formula is C45H58F3N5O14. The normalized spacial score (nSPS) is 23.0. The van der Waals surface area contributed by atoms with Gasteiger partial charge in [-0.05, 0) is 55.0 Å². The Morgan fingerprint density at radius 1 is 0.672 bits per heavy atom. The number of carbonyl (C=O) groups is 8. The minimum absolute atomic E-state index is 0.102. The van der Waals surface area contributed by atoms with Crippen molar-refractivity contribution < 1.29 is 79.9 Å². The van der Waals surface area contributed by atoms with Crippen LogP contribution in [-0.2, 0) is 68.5 Å². The van der Waals surface area contributed by atoms with Crippen LogP contribution < -0.4 is 4.74 Å². The lowest BCUT2D eigenvalue weighted by Crippen LogP contribution is -2.49. The van der Waals surface area contributed by atoms with E-state index in [1.54, 1.807) is 38.1 Å². The summed E-state index contributed by atoms with van der Waals surface area (Å²) in [5, 5.41) is 0. The van der Waals surface area contributed by atoms with Crippen molar-refractivity contribution in [2.45, 2.75) is 77.3 Å². The molecule has 0 aromatic heterocycles. The highest BCUT2D eigenvalue weighted by molar-refractivity contribution is 5.92. The molecule has 2 aliphatic heterocycles. The fourth-order valence-corrected chi connectivity index (χ4v) is 7.32. The molecule has 22 heteroatoms. The number of amides is 4. The second-order valence-corrected chi connectivity index (χ2v) is 16.7. The van der Waals surface area contributed by atoms with Crippen LogP contribution in [0.5, 0.6) is 5.75 Å². The Bertz CT molecular complexity index is 2080. The number of nitrogens with zero attached hydrogens (tertiary/aromatic N) is 5. The third-order valence-corrected chi connectivity index (χ3v) is 10.8. The first-order valence-electron chi connectivity index (χ1n) is 21.5. The average molecular weight is 950 g/mol. The van der Waals surface area contributed by atoms with E-state index in [0.717, 1.165) is 25.2 Å². The molecule has 2 fully saturated rings. The number of morpholine rings is 1. The number of likely N-dealkylation sites (N-methyl/N-ethyl adjacent to an activating group) is 4.